The minimum atomic E-state index is -4.17. The highest BCUT2D eigenvalue weighted by molar-refractivity contribution is 5.69. The van der Waals surface area contributed by atoms with Crippen LogP contribution in [0, 0.1) is 0 Å². The summed E-state index contributed by atoms with van der Waals surface area (Å²) in [6, 6.07) is -0.681. The van der Waals surface area contributed by atoms with Crippen LogP contribution < -0.4 is 5.32 Å². The van der Waals surface area contributed by atoms with Gasteiger partial charge in [0.05, 0.1) is 20.0 Å². The van der Waals surface area contributed by atoms with Crippen molar-refractivity contribution in [2.45, 2.75) is 32.0 Å². The summed E-state index contributed by atoms with van der Waals surface area (Å²) in [5, 5.41) is 2.58. The van der Waals surface area contributed by atoms with Gasteiger partial charge >= 0.3 is 12.1 Å². The standard InChI is InChI=1S/C8H14F3NO2/c1-6(5-8(9,10)11)12-4-3-7(13)14-2/h6,12H,3-5H2,1-2H3. The maximum Gasteiger partial charge on any atom is 0.390 e. The normalized spacial score (nSPS) is 13.8. The Morgan fingerprint density at radius 1 is 1.50 bits per heavy atom. The minimum Gasteiger partial charge on any atom is -0.469 e. The number of carbonyl (C=O) groups excluding carboxylic acids is 1. The van der Waals surface area contributed by atoms with Gasteiger partial charge in [0.15, 0.2) is 0 Å². The number of rotatable bonds is 5. The molecule has 0 heterocycles. The van der Waals surface area contributed by atoms with Gasteiger partial charge in [-0.15, -0.1) is 0 Å². The van der Waals surface area contributed by atoms with Crippen molar-refractivity contribution in [2.75, 3.05) is 13.7 Å². The molecule has 0 bridgehead atoms. The number of halogens is 3. The lowest BCUT2D eigenvalue weighted by Crippen LogP contribution is -2.32. The Balaban J connectivity index is 3.54. The third-order valence-corrected chi connectivity index (χ3v) is 1.59. The predicted molar refractivity (Wildman–Crippen MR) is 44.8 cm³/mol. The highest BCUT2D eigenvalue weighted by atomic mass is 19.4. The molecule has 0 spiro atoms. The van der Waals surface area contributed by atoms with Crippen molar-refractivity contribution in [1.29, 1.82) is 0 Å². The number of hydrogen-bond acceptors (Lipinski definition) is 3. The van der Waals surface area contributed by atoms with Crippen LogP contribution in [-0.2, 0) is 9.53 Å². The van der Waals surface area contributed by atoms with Crippen LogP contribution in [0.2, 0.25) is 0 Å². The van der Waals surface area contributed by atoms with Gasteiger partial charge in [0.1, 0.15) is 0 Å². The van der Waals surface area contributed by atoms with E-state index in [1.165, 1.54) is 14.0 Å². The van der Waals surface area contributed by atoms with E-state index >= 15 is 0 Å². The molecule has 0 aromatic rings. The second-order valence-corrected chi connectivity index (χ2v) is 3.00. The maximum absolute atomic E-state index is 11.8. The van der Waals surface area contributed by atoms with Crippen LogP contribution in [0.1, 0.15) is 19.8 Å². The number of carbonyl (C=O) groups is 1. The molecule has 0 aliphatic carbocycles. The summed E-state index contributed by atoms with van der Waals surface area (Å²) >= 11 is 0. The van der Waals surface area contributed by atoms with Gasteiger partial charge in [0.2, 0.25) is 0 Å². The lowest BCUT2D eigenvalue weighted by Gasteiger charge is -2.15. The van der Waals surface area contributed by atoms with Crippen molar-refractivity contribution in [2.24, 2.45) is 0 Å². The highest BCUT2D eigenvalue weighted by Crippen LogP contribution is 2.21. The van der Waals surface area contributed by atoms with E-state index in [0.717, 1.165) is 0 Å². The molecule has 0 amide bonds. The van der Waals surface area contributed by atoms with Gasteiger partial charge in [-0.2, -0.15) is 13.2 Å². The summed E-state index contributed by atoms with van der Waals surface area (Å²) < 4.78 is 39.8. The van der Waals surface area contributed by atoms with Crippen molar-refractivity contribution in [3.63, 3.8) is 0 Å². The van der Waals surface area contributed by atoms with Gasteiger partial charge in [-0.05, 0) is 6.92 Å². The van der Waals surface area contributed by atoms with E-state index < -0.39 is 24.6 Å². The van der Waals surface area contributed by atoms with E-state index in [0.29, 0.717) is 0 Å². The number of hydrogen-bond donors (Lipinski definition) is 1. The molecule has 1 N–H and O–H groups in total. The van der Waals surface area contributed by atoms with E-state index in [1.54, 1.807) is 0 Å². The zero-order chi connectivity index (χ0) is 11.2. The molecule has 0 saturated heterocycles. The molecule has 6 heteroatoms. The highest BCUT2D eigenvalue weighted by Gasteiger charge is 2.29. The first-order chi connectivity index (χ1) is 6.35. The Hall–Kier alpha value is -0.780. The smallest absolute Gasteiger partial charge is 0.390 e. The molecule has 0 aromatic carbocycles. The van der Waals surface area contributed by atoms with Crippen molar-refractivity contribution in [1.82, 2.24) is 5.32 Å². The molecule has 0 saturated carbocycles. The van der Waals surface area contributed by atoms with Crippen molar-refractivity contribution < 1.29 is 22.7 Å². The number of esters is 1. The van der Waals surface area contributed by atoms with E-state index in [-0.39, 0.29) is 13.0 Å². The summed E-state index contributed by atoms with van der Waals surface area (Å²) in [6.45, 7) is 1.62. The minimum absolute atomic E-state index is 0.0820. The molecule has 14 heavy (non-hydrogen) atoms. The molecule has 0 aromatic heterocycles. The van der Waals surface area contributed by atoms with Crippen molar-refractivity contribution >= 4 is 5.97 Å². The van der Waals surface area contributed by atoms with E-state index in [9.17, 15) is 18.0 Å². The van der Waals surface area contributed by atoms with Gasteiger partial charge in [-0.25, -0.2) is 0 Å². The van der Waals surface area contributed by atoms with Crippen LogP contribution in [0.5, 0.6) is 0 Å². The number of methoxy groups -OCH3 is 1. The van der Waals surface area contributed by atoms with Crippen LogP contribution in [0.4, 0.5) is 13.2 Å². The van der Waals surface area contributed by atoms with E-state index in [4.69, 9.17) is 0 Å². The average Bonchev–Trinajstić information content (AvgIpc) is 2.00. The molecule has 1 unspecified atom stereocenters. The Morgan fingerprint density at radius 2 is 2.07 bits per heavy atom. The summed E-state index contributed by atoms with van der Waals surface area (Å²) in [7, 11) is 1.24. The largest absolute Gasteiger partial charge is 0.469 e. The molecule has 0 fully saturated rings. The van der Waals surface area contributed by atoms with Crippen molar-refractivity contribution in [3.8, 4) is 0 Å². The fourth-order valence-corrected chi connectivity index (χ4v) is 0.942. The fourth-order valence-electron chi connectivity index (χ4n) is 0.942. The monoisotopic (exact) mass is 213 g/mol. The summed E-state index contributed by atoms with van der Waals surface area (Å²) in [5.74, 6) is -0.434. The molecular weight excluding hydrogens is 199 g/mol. The zero-order valence-corrected chi connectivity index (χ0v) is 8.15. The van der Waals surface area contributed by atoms with Crippen LogP contribution in [-0.4, -0.2) is 31.8 Å². The van der Waals surface area contributed by atoms with Gasteiger partial charge in [0, 0.05) is 12.6 Å². The number of alkyl halides is 3. The lowest BCUT2D eigenvalue weighted by atomic mass is 10.2. The first-order valence-electron chi connectivity index (χ1n) is 4.22. The molecule has 0 aliphatic rings. The summed E-state index contributed by atoms with van der Waals surface area (Å²) in [6.07, 6.45) is -4.98. The molecular formula is C8H14F3NO2. The number of ether oxygens (including phenoxy) is 1. The second-order valence-electron chi connectivity index (χ2n) is 3.00. The average molecular weight is 213 g/mol. The van der Waals surface area contributed by atoms with Crippen LogP contribution in [0.25, 0.3) is 0 Å². The SMILES string of the molecule is COC(=O)CCNC(C)CC(F)(F)F. The quantitative estimate of drug-likeness (QED) is 0.703. The van der Waals surface area contributed by atoms with Crippen LogP contribution in [0.3, 0.4) is 0 Å². The molecule has 84 valence electrons. The van der Waals surface area contributed by atoms with Gasteiger partial charge in [-0.3, -0.25) is 4.79 Å². The topological polar surface area (TPSA) is 38.3 Å². The third-order valence-electron chi connectivity index (χ3n) is 1.59. The molecule has 0 radical (unpaired) electrons. The van der Waals surface area contributed by atoms with Crippen molar-refractivity contribution in [3.05, 3.63) is 0 Å². The summed E-state index contributed by atoms with van der Waals surface area (Å²) in [5.41, 5.74) is 0. The van der Waals surface area contributed by atoms with Crippen LogP contribution >= 0.6 is 0 Å². The van der Waals surface area contributed by atoms with Gasteiger partial charge < -0.3 is 10.1 Å². The summed E-state index contributed by atoms with van der Waals surface area (Å²) in [4.78, 5) is 10.6. The van der Waals surface area contributed by atoms with E-state index in [2.05, 4.69) is 10.1 Å². The second kappa shape index (κ2) is 5.85. The zero-order valence-electron chi connectivity index (χ0n) is 8.15. The predicted octanol–water partition coefficient (Wildman–Crippen LogP) is 1.48. The molecule has 0 aliphatic heterocycles. The molecule has 1 atom stereocenters. The Morgan fingerprint density at radius 3 is 2.50 bits per heavy atom. The lowest BCUT2D eigenvalue weighted by molar-refractivity contribution is -0.140. The van der Waals surface area contributed by atoms with E-state index in [1.807, 2.05) is 0 Å². The Kier molecular flexibility index (Phi) is 5.52. The van der Waals surface area contributed by atoms with Gasteiger partial charge in [0.25, 0.3) is 0 Å². The van der Waals surface area contributed by atoms with Gasteiger partial charge in [-0.1, -0.05) is 0 Å². The molecule has 0 rings (SSSR count). The van der Waals surface area contributed by atoms with Crippen LogP contribution in [0.15, 0.2) is 0 Å². The maximum atomic E-state index is 11.8. The Bertz CT molecular complexity index is 182. The Labute approximate surface area is 80.6 Å². The first-order valence-corrected chi connectivity index (χ1v) is 4.22. The fraction of sp³-hybridized carbons (Fsp3) is 0.875. The molecule has 3 nitrogen and oxygen atoms in total. The first kappa shape index (κ1) is 13.2. The number of nitrogens with one attached hydrogen (secondary N) is 1. The third kappa shape index (κ3) is 7.85.